The van der Waals surface area contributed by atoms with Gasteiger partial charge < -0.3 is 0 Å². The quantitative estimate of drug-likeness (QED) is 0.161. The van der Waals surface area contributed by atoms with Crippen LogP contribution in [0.4, 0.5) is 0 Å². The summed E-state index contributed by atoms with van der Waals surface area (Å²) in [6, 6.07) is 0. The van der Waals surface area contributed by atoms with Crippen LogP contribution in [0.1, 0.15) is 96.3 Å². The van der Waals surface area contributed by atoms with Gasteiger partial charge in [-0.3, -0.25) is 0 Å². The molecule has 6 nitrogen and oxygen atoms in total. The van der Waals surface area contributed by atoms with Crippen molar-refractivity contribution >= 4 is 37.9 Å². The molecule has 0 saturated carbocycles. The Morgan fingerprint density at radius 1 is 0.364 bits per heavy atom. The molecule has 1 aromatic rings. The van der Waals surface area contributed by atoms with Gasteiger partial charge in [-0.15, -0.1) is 0 Å². The monoisotopic (exact) mass is 519 g/mol. The van der Waals surface area contributed by atoms with Crippen LogP contribution in [0.25, 0.3) is 0 Å². The number of unbranched alkanes of at least 4 members (excludes halogenated alkanes) is 12. The first-order valence-corrected chi connectivity index (χ1v) is 14.7. The molecule has 0 radical (unpaired) electrons. The van der Waals surface area contributed by atoms with E-state index in [0.29, 0.717) is 19.6 Å². The van der Waals surface area contributed by atoms with Gasteiger partial charge in [0.25, 0.3) is 0 Å². The Morgan fingerprint density at radius 2 is 0.576 bits per heavy atom. The summed E-state index contributed by atoms with van der Waals surface area (Å²) < 4.78 is 3.88. The van der Waals surface area contributed by atoms with Crippen molar-refractivity contribution in [2.45, 2.75) is 116 Å². The van der Waals surface area contributed by atoms with Gasteiger partial charge in [0, 0.05) is 19.6 Å². The highest BCUT2D eigenvalue weighted by molar-refractivity contribution is 7.80. The minimum absolute atomic E-state index is 0.378. The summed E-state index contributed by atoms with van der Waals surface area (Å²) in [5, 5.41) is 0. The van der Waals surface area contributed by atoms with Crippen LogP contribution >= 0.6 is 37.9 Å². The Labute approximate surface area is 215 Å². The van der Waals surface area contributed by atoms with Gasteiger partial charge in [0.15, 0.2) is 0 Å². The molecule has 1 rings (SSSR count). The Kier molecular flexibility index (Phi) is 18.2. The molecule has 0 amide bonds. The van der Waals surface area contributed by atoms with Crippen LogP contribution in [-0.4, -0.2) is 31.0 Å². The predicted molar refractivity (Wildman–Crippen MR) is 150 cm³/mol. The molecule has 192 valence electrons. The molecule has 0 atom stereocenters. The number of aromatic nitrogens is 3. The summed E-state index contributed by atoms with van der Waals surface area (Å²) >= 11 is 12.7. The number of thiol groups is 3. The smallest absolute Gasteiger partial charge is 0.247 e. The minimum Gasteiger partial charge on any atom is -0.247 e. The molecule has 1 heterocycles. The Morgan fingerprint density at radius 3 is 0.818 bits per heavy atom. The van der Waals surface area contributed by atoms with Gasteiger partial charge in [0.2, 0.25) is 0 Å². The molecule has 0 aliphatic carbocycles. The van der Waals surface area contributed by atoms with Crippen molar-refractivity contribution in [1.29, 1.82) is 0 Å². The maximum atomic E-state index is 13.0. The van der Waals surface area contributed by atoms with Gasteiger partial charge >= 0.3 is 17.1 Å². The summed E-state index contributed by atoms with van der Waals surface area (Å²) in [5.41, 5.74) is -1.33. The van der Waals surface area contributed by atoms with Crippen LogP contribution in [0.3, 0.4) is 0 Å². The summed E-state index contributed by atoms with van der Waals surface area (Å²) in [7, 11) is 0. The molecule has 0 N–H and O–H groups in total. The number of hydrogen-bond acceptors (Lipinski definition) is 6. The third-order valence-corrected chi connectivity index (χ3v) is 6.95. The third-order valence-electron chi connectivity index (χ3n) is 6.00. The predicted octanol–water partition coefficient (Wildman–Crippen LogP) is 4.81. The first-order valence-electron chi connectivity index (χ1n) is 12.9. The van der Waals surface area contributed by atoms with Crippen molar-refractivity contribution < 1.29 is 0 Å². The maximum Gasteiger partial charge on any atom is 0.336 e. The fourth-order valence-electron chi connectivity index (χ4n) is 3.99. The van der Waals surface area contributed by atoms with E-state index in [0.717, 1.165) is 114 Å². The van der Waals surface area contributed by atoms with Crippen LogP contribution < -0.4 is 17.1 Å². The molecule has 0 aliphatic rings. The van der Waals surface area contributed by atoms with E-state index >= 15 is 0 Å². The zero-order chi connectivity index (χ0) is 24.3. The Bertz CT molecular complexity index is 670. The van der Waals surface area contributed by atoms with Crippen molar-refractivity contribution in [3.63, 3.8) is 0 Å². The lowest BCUT2D eigenvalue weighted by Gasteiger charge is -2.14. The van der Waals surface area contributed by atoms with E-state index in [1.807, 2.05) is 0 Å². The van der Waals surface area contributed by atoms with Gasteiger partial charge in [0.05, 0.1) is 0 Å². The number of hydrogen-bond donors (Lipinski definition) is 3. The van der Waals surface area contributed by atoms with Crippen LogP contribution in [0.5, 0.6) is 0 Å². The molecule has 9 heteroatoms. The molecule has 0 unspecified atom stereocenters. The van der Waals surface area contributed by atoms with Crippen molar-refractivity contribution in [3.8, 4) is 0 Å². The van der Waals surface area contributed by atoms with E-state index in [9.17, 15) is 14.4 Å². The first-order chi connectivity index (χ1) is 16.1. The lowest BCUT2D eigenvalue weighted by atomic mass is 10.1. The van der Waals surface area contributed by atoms with Gasteiger partial charge in [-0.05, 0) is 55.8 Å². The summed E-state index contributed by atoms with van der Waals surface area (Å²) in [5.74, 6) is 2.66. The molecule has 0 aromatic carbocycles. The van der Waals surface area contributed by atoms with Crippen molar-refractivity contribution in [2.75, 3.05) is 17.3 Å². The maximum absolute atomic E-state index is 13.0. The largest absolute Gasteiger partial charge is 0.336 e. The van der Waals surface area contributed by atoms with Gasteiger partial charge in [-0.2, -0.15) is 37.9 Å². The van der Waals surface area contributed by atoms with Gasteiger partial charge in [0.1, 0.15) is 0 Å². The van der Waals surface area contributed by atoms with Gasteiger partial charge in [-0.1, -0.05) is 57.8 Å². The number of nitrogens with zero attached hydrogens (tertiary/aromatic N) is 3. The van der Waals surface area contributed by atoms with Crippen LogP contribution in [-0.2, 0) is 19.6 Å². The number of rotatable bonds is 21. The lowest BCUT2D eigenvalue weighted by Crippen LogP contribution is -2.54. The molecule has 1 aromatic heterocycles. The van der Waals surface area contributed by atoms with Gasteiger partial charge in [-0.25, -0.2) is 28.1 Å². The zero-order valence-corrected chi connectivity index (χ0v) is 22.9. The van der Waals surface area contributed by atoms with Crippen LogP contribution in [0, 0.1) is 0 Å². The molecule has 0 saturated heterocycles. The normalized spacial score (nSPS) is 11.4. The summed E-state index contributed by atoms with van der Waals surface area (Å²) in [6.45, 7) is 1.13. The standard InChI is InChI=1S/C24H45N3O3S3/c28-22-25(16-10-4-1-7-13-19-31)23(29)27(18-12-6-3-9-15-21-33)24(30)26(22)17-11-5-2-8-14-20-32/h31-33H,1-21H2. The molecular weight excluding hydrogens is 474 g/mol. The molecule has 33 heavy (non-hydrogen) atoms. The van der Waals surface area contributed by atoms with Crippen LogP contribution in [0.15, 0.2) is 14.4 Å². The highest BCUT2D eigenvalue weighted by Gasteiger charge is 2.15. The van der Waals surface area contributed by atoms with E-state index in [1.165, 1.54) is 13.7 Å². The highest BCUT2D eigenvalue weighted by Crippen LogP contribution is 2.06. The SMILES string of the molecule is O=c1n(CCCCCCCS)c(=O)n(CCCCCCCS)c(=O)n1CCCCCCCS. The highest BCUT2D eigenvalue weighted by atomic mass is 32.1. The Balaban J connectivity index is 2.89. The molecule has 0 bridgehead atoms. The van der Waals surface area contributed by atoms with E-state index < -0.39 is 17.1 Å². The van der Waals surface area contributed by atoms with Crippen molar-refractivity contribution in [3.05, 3.63) is 31.5 Å². The average molecular weight is 520 g/mol. The third kappa shape index (κ3) is 12.1. The van der Waals surface area contributed by atoms with E-state index in [1.54, 1.807) is 0 Å². The van der Waals surface area contributed by atoms with Crippen molar-refractivity contribution in [2.24, 2.45) is 0 Å². The van der Waals surface area contributed by atoms with Crippen molar-refractivity contribution in [1.82, 2.24) is 13.7 Å². The lowest BCUT2D eigenvalue weighted by molar-refractivity contribution is 0.412. The second-order valence-electron chi connectivity index (χ2n) is 8.78. The molecule has 0 spiro atoms. The fraction of sp³-hybridized carbons (Fsp3) is 0.875. The molecule has 0 aliphatic heterocycles. The topological polar surface area (TPSA) is 66.0 Å². The summed E-state index contributed by atoms with van der Waals surface area (Å²) in [4.78, 5) is 39.1. The van der Waals surface area contributed by atoms with E-state index in [-0.39, 0.29) is 0 Å². The molecule has 0 fully saturated rings. The summed E-state index contributed by atoms with van der Waals surface area (Å²) in [6.07, 6.45) is 15.0. The Hall–Kier alpha value is -0.540. The van der Waals surface area contributed by atoms with E-state index in [2.05, 4.69) is 37.9 Å². The minimum atomic E-state index is -0.444. The fourth-order valence-corrected chi connectivity index (χ4v) is 4.66. The second-order valence-corrected chi connectivity index (χ2v) is 10.1. The second kappa shape index (κ2) is 19.7. The zero-order valence-electron chi connectivity index (χ0n) is 20.3. The van der Waals surface area contributed by atoms with Crippen LogP contribution in [0.2, 0.25) is 0 Å². The average Bonchev–Trinajstić information content (AvgIpc) is 2.81. The molecular formula is C24H45N3O3S3. The first kappa shape index (κ1) is 30.5. The van der Waals surface area contributed by atoms with E-state index in [4.69, 9.17) is 0 Å².